The minimum Gasteiger partial charge on any atom is -0.325 e. The molecule has 17 heavy (non-hydrogen) atoms. The van der Waals surface area contributed by atoms with Gasteiger partial charge in [0.1, 0.15) is 7.67 Å². The van der Waals surface area contributed by atoms with Crippen molar-refractivity contribution in [1.29, 1.82) is 0 Å². The highest BCUT2D eigenvalue weighted by molar-refractivity contribution is 9.10. The van der Waals surface area contributed by atoms with E-state index in [9.17, 15) is 0 Å². The molecule has 0 fully saturated rings. The molecule has 0 bridgehead atoms. The number of halogens is 1. The molecule has 4 heteroatoms. The molecule has 0 amide bonds. The van der Waals surface area contributed by atoms with Gasteiger partial charge in [0.25, 0.3) is 0 Å². The van der Waals surface area contributed by atoms with Crippen LogP contribution in [0.15, 0.2) is 41.2 Å². The molecule has 1 aromatic heterocycles. The molecule has 0 unspecified atom stereocenters. The number of aromatic nitrogens is 2. The average molecular weight is 291 g/mol. The van der Waals surface area contributed by atoms with Crippen LogP contribution in [-0.4, -0.2) is 16.5 Å². The second-order valence-corrected chi connectivity index (χ2v) is 4.88. The number of hydrogen-bond donors (Lipinski definition) is 0. The highest BCUT2D eigenvalue weighted by Gasteiger charge is 2.20. The van der Waals surface area contributed by atoms with Gasteiger partial charge in [-0.25, -0.2) is 9.97 Å². The maximum absolute atomic E-state index is 7.57. The quantitative estimate of drug-likeness (QED) is 0.807. The second-order valence-electron chi connectivity index (χ2n) is 4.03. The Morgan fingerprint density at radius 2 is 2.24 bits per heavy atom. The summed E-state index contributed by atoms with van der Waals surface area (Å²) >= 11 is 3.47. The van der Waals surface area contributed by atoms with E-state index in [-0.39, 0.29) is 6.30 Å². The molecule has 1 aliphatic heterocycles. The molecule has 3 nitrogen and oxygen atoms in total. The van der Waals surface area contributed by atoms with Gasteiger partial charge in [0.05, 0.1) is 4.47 Å². The fourth-order valence-corrected chi connectivity index (χ4v) is 2.62. The van der Waals surface area contributed by atoms with Gasteiger partial charge in [-0.1, -0.05) is 18.2 Å². The maximum atomic E-state index is 7.57. The Morgan fingerprint density at radius 1 is 1.35 bits per heavy atom. The predicted octanol–water partition coefficient (Wildman–Crippen LogP) is 3.32. The lowest BCUT2D eigenvalue weighted by atomic mass is 10.0. The van der Waals surface area contributed by atoms with Crippen molar-refractivity contribution in [3.8, 4) is 0 Å². The first-order valence-electron chi connectivity index (χ1n) is 6.10. The van der Waals surface area contributed by atoms with Crippen molar-refractivity contribution < 1.29 is 1.37 Å². The minimum atomic E-state index is 0.0521. The summed E-state index contributed by atoms with van der Waals surface area (Å²) < 4.78 is 8.39. The van der Waals surface area contributed by atoms with Crippen LogP contribution in [0.1, 0.15) is 13.4 Å². The van der Waals surface area contributed by atoms with E-state index in [1.807, 2.05) is 6.07 Å². The Labute approximate surface area is 110 Å². The first-order chi connectivity index (χ1) is 8.75. The third-order valence-corrected chi connectivity index (χ3v) is 3.53. The summed E-state index contributed by atoms with van der Waals surface area (Å²) in [4.78, 5) is 10.3. The Hall–Kier alpha value is -1.42. The fourth-order valence-electron chi connectivity index (χ4n) is 2.22. The van der Waals surface area contributed by atoms with Crippen LogP contribution in [0.3, 0.4) is 0 Å². The Kier molecular flexibility index (Phi) is 2.51. The molecule has 3 rings (SSSR count). The lowest BCUT2D eigenvalue weighted by molar-refractivity contribution is 0.757. The van der Waals surface area contributed by atoms with E-state index < -0.39 is 0 Å². The number of aryl methyl sites for hydroxylation is 1. The molecular weight excluding hydrogens is 278 g/mol. The van der Waals surface area contributed by atoms with Crippen molar-refractivity contribution in [2.75, 3.05) is 11.4 Å². The normalized spacial score (nSPS) is 15.4. The van der Waals surface area contributed by atoms with E-state index in [1.165, 1.54) is 11.3 Å². The third kappa shape index (κ3) is 1.93. The lowest BCUT2D eigenvalue weighted by Crippen LogP contribution is -2.25. The van der Waals surface area contributed by atoms with Gasteiger partial charge in [-0.2, -0.15) is 0 Å². The molecule has 0 aliphatic carbocycles. The van der Waals surface area contributed by atoms with Crippen molar-refractivity contribution in [2.45, 2.75) is 12.8 Å². The summed E-state index contributed by atoms with van der Waals surface area (Å²) in [5, 5.41) is 0. The van der Waals surface area contributed by atoms with Crippen molar-refractivity contribution in [3.05, 3.63) is 46.8 Å². The number of hydrogen-bond acceptors (Lipinski definition) is 3. The molecule has 0 atom stereocenters. The zero-order valence-electron chi connectivity index (χ0n) is 10.2. The minimum absolute atomic E-state index is 0.0521. The molecule has 2 aromatic rings. The SMILES string of the molecule is [2H]c1ncc(Br)c(N2CCCc3ccccc32)n1. The van der Waals surface area contributed by atoms with Crippen molar-refractivity contribution in [3.63, 3.8) is 0 Å². The van der Waals surface area contributed by atoms with E-state index in [2.05, 4.69) is 49.0 Å². The topological polar surface area (TPSA) is 29.0 Å². The molecule has 1 aliphatic rings. The summed E-state index contributed by atoms with van der Waals surface area (Å²) in [7, 11) is 0. The summed E-state index contributed by atoms with van der Waals surface area (Å²) in [5.74, 6) is 0.780. The zero-order chi connectivity index (χ0) is 12.5. The van der Waals surface area contributed by atoms with Gasteiger partial charge in [0, 0.05) is 18.4 Å². The molecule has 0 N–H and O–H groups in total. The largest absolute Gasteiger partial charge is 0.325 e. The highest BCUT2D eigenvalue weighted by atomic mass is 79.9. The summed E-state index contributed by atoms with van der Waals surface area (Å²) in [5.41, 5.74) is 2.52. The van der Waals surface area contributed by atoms with Crippen LogP contribution >= 0.6 is 15.9 Å². The zero-order valence-corrected chi connectivity index (χ0v) is 10.8. The number of benzene rings is 1. The van der Waals surface area contributed by atoms with Gasteiger partial charge < -0.3 is 4.90 Å². The van der Waals surface area contributed by atoms with Crippen LogP contribution in [0.25, 0.3) is 0 Å². The van der Waals surface area contributed by atoms with Gasteiger partial charge in [-0.15, -0.1) is 0 Å². The number of fused-ring (bicyclic) bond motifs is 1. The van der Waals surface area contributed by atoms with Gasteiger partial charge >= 0.3 is 0 Å². The Balaban J connectivity index is 2.11. The van der Waals surface area contributed by atoms with Gasteiger partial charge in [-0.05, 0) is 40.4 Å². The molecule has 1 aromatic carbocycles. The predicted molar refractivity (Wildman–Crippen MR) is 71.5 cm³/mol. The first-order valence-corrected chi connectivity index (χ1v) is 6.39. The van der Waals surface area contributed by atoms with E-state index in [4.69, 9.17) is 1.37 Å². The summed E-state index contributed by atoms with van der Waals surface area (Å²) in [6.45, 7) is 0.923. The van der Waals surface area contributed by atoms with Crippen molar-refractivity contribution in [2.24, 2.45) is 0 Å². The summed E-state index contributed by atoms with van der Waals surface area (Å²) in [6.07, 6.45) is 3.89. The molecule has 0 radical (unpaired) electrons. The van der Waals surface area contributed by atoms with Crippen LogP contribution in [0.5, 0.6) is 0 Å². The van der Waals surface area contributed by atoms with Crippen LogP contribution < -0.4 is 4.90 Å². The second kappa shape index (κ2) is 4.45. The average Bonchev–Trinajstić information content (AvgIpc) is 2.41. The molecule has 0 saturated heterocycles. The van der Waals surface area contributed by atoms with Gasteiger partial charge in [-0.3, -0.25) is 0 Å². The highest BCUT2D eigenvalue weighted by Crippen LogP contribution is 2.35. The van der Waals surface area contributed by atoms with Gasteiger partial charge in [0.15, 0.2) is 5.82 Å². The first kappa shape index (κ1) is 9.59. The van der Waals surface area contributed by atoms with Crippen LogP contribution in [0.2, 0.25) is 0 Å². The van der Waals surface area contributed by atoms with Crippen LogP contribution in [0, 0.1) is 0 Å². The Bertz CT molecular complexity index is 588. The number of nitrogens with zero attached hydrogens (tertiary/aromatic N) is 3. The van der Waals surface area contributed by atoms with Crippen molar-refractivity contribution in [1.82, 2.24) is 9.97 Å². The van der Waals surface area contributed by atoms with E-state index in [0.717, 1.165) is 29.7 Å². The number of rotatable bonds is 1. The third-order valence-electron chi connectivity index (χ3n) is 2.97. The van der Waals surface area contributed by atoms with E-state index in [1.54, 1.807) is 6.20 Å². The van der Waals surface area contributed by atoms with E-state index in [0.29, 0.717) is 0 Å². The number of anilines is 2. The summed E-state index contributed by atoms with van der Waals surface area (Å²) in [6, 6.07) is 8.35. The van der Waals surface area contributed by atoms with Gasteiger partial charge in [0.2, 0.25) is 0 Å². The van der Waals surface area contributed by atoms with Crippen LogP contribution in [-0.2, 0) is 6.42 Å². The lowest BCUT2D eigenvalue weighted by Gasteiger charge is -2.30. The maximum Gasteiger partial charge on any atom is 0.150 e. The molecule has 0 saturated carbocycles. The molecular formula is C13H12BrN3. The van der Waals surface area contributed by atoms with Crippen molar-refractivity contribution >= 4 is 27.4 Å². The van der Waals surface area contributed by atoms with E-state index >= 15 is 0 Å². The molecule has 2 heterocycles. The fraction of sp³-hybridized carbons (Fsp3) is 0.231. The number of para-hydroxylation sites is 1. The van der Waals surface area contributed by atoms with Crippen LogP contribution in [0.4, 0.5) is 11.5 Å². The monoisotopic (exact) mass is 290 g/mol. The smallest absolute Gasteiger partial charge is 0.150 e. The molecule has 86 valence electrons. The standard InChI is InChI=1S/C13H12BrN3/c14-11-8-15-9-16-13(11)17-7-3-5-10-4-1-2-6-12(10)17/h1-2,4,6,8-9H,3,5,7H2/i9D. The Morgan fingerprint density at radius 3 is 3.18 bits per heavy atom. The molecule has 0 spiro atoms.